The third kappa shape index (κ3) is 6.37. The number of carbonyl (C=O) groups excluding carboxylic acids is 1. The SMILES string of the molecule is O=C(CN(C1CC1)S(=O)(=O)/C=C/c1ccccc1)N(CCc1c[nH]c2ccccc12)Cc1ccccc1. The van der Waals surface area contributed by atoms with Gasteiger partial charge in [0.1, 0.15) is 0 Å². The summed E-state index contributed by atoms with van der Waals surface area (Å²) in [5, 5.41) is 2.37. The summed E-state index contributed by atoms with van der Waals surface area (Å²) in [6.45, 7) is 0.765. The van der Waals surface area contributed by atoms with E-state index in [-0.39, 0.29) is 18.5 Å². The lowest BCUT2D eigenvalue weighted by Crippen LogP contribution is -2.43. The predicted octanol–water partition coefficient (Wildman–Crippen LogP) is 5.20. The molecule has 4 aromatic rings. The standard InChI is InChI=1S/C30H31N3O3S/c34-30(23-33(27-15-16-27)37(35,36)20-18-24-9-3-1-4-10-24)32(22-25-11-5-2-6-12-25)19-17-26-21-31-29-14-8-7-13-28(26)29/h1-14,18,20-21,27,31H,15-17,19,22-23H2/b20-18+. The number of fused-ring (bicyclic) bond motifs is 1. The van der Waals surface area contributed by atoms with Crippen LogP contribution in [0.4, 0.5) is 0 Å². The Morgan fingerprint density at radius 2 is 1.59 bits per heavy atom. The van der Waals surface area contributed by atoms with Gasteiger partial charge in [-0.05, 0) is 48.1 Å². The van der Waals surface area contributed by atoms with E-state index in [1.165, 1.54) is 9.71 Å². The van der Waals surface area contributed by atoms with Crippen LogP contribution in [-0.2, 0) is 27.8 Å². The van der Waals surface area contributed by atoms with Gasteiger partial charge < -0.3 is 9.88 Å². The average Bonchev–Trinajstić information content (AvgIpc) is 3.68. The molecule has 7 heteroatoms. The van der Waals surface area contributed by atoms with E-state index in [2.05, 4.69) is 11.1 Å². The van der Waals surface area contributed by atoms with Crippen molar-refractivity contribution in [1.82, 2.24) is 14.2 Å². The molecule has 1 aromatic heterocycles. The van der Waals surface area contributed by atoms with Crippen molar-refractivity contribution >= 4 is 32.9 Å². The van der Waals surface area contributed by atoms with Gasteiger partial charge in [0.25, 0.3) is 0 Å². The molecule has 0 spiro atoms. The van der Waals surface area contributed by atoms with Gasteiger partial charge in [-0.1, -0.05) is 78.9 Å². The van der Waals surface area contributed by atoms with Gasteiger partial charge in [0.15, 0.2) is 0 Å². The maximum absolute atomic E-state index is 13.6. The number of carbonyl (C=O) groups is 1. The molecule has 1 amide bonds. The molecule has 1 aliphatic rings. The fourth-order valence-corrected chi connectivity index (χ4v) is 5.92. The van der Waals surface area contributed by atoms with Gasteiger partial charge in [0, 0.05) is 41.6 Å². The van der Waals surface area contributed by atoms with Crippen molar-refractivity contribution in [3.8, 4) is 0 Å². The van der Waals surface area contributed by atoms with Crippen molar-refractivity contribution in [2.24, 2.45) is 0 Å². The molecule has 5 rings (SSSR count). The second kappa shape index (κ2) is 11.2. The average molecular weight is 514 g/mol. The van der Waals surface area contributed by atoms with Crippen LogP contribution in [0.5, 0.6) is 0 Å². The van der Waals surface area contributed by atoms with Gasteiger partial charge in [0.2, 0.25) is 15.9 Å². The second-order valence-electron chi connectivity index (χ2n) is 9.45. The lowest BCUT2D eigenvalue weighted by atomic mass is 10.1. The molecule has 37 heavy (non-hydrogen) atoms. The second-order valence-corrected chi connectivity index (χ2v) is 11.2. The van der Waals surface area contributed by atoms with Gasteiger partial charge in [-0.3, -0.25) is 4.79 Å². The van der Waals surface area contributed by atoms with Gasteiger partial charge >= 0.3 is 0 Å². The molecule has 1 aliphatic carbocycles. The van der Waals surface area contributed by atoms with Gasteiger partial charge in [-0.25, -0.2) is 8.42 Å². The lowest BCUT2D eigenvalue weighted by Gasteiger charge is -2.27. The molecule has 6 nitrogen and oxygen atoms in total. The quantitative estimate of drug-likeness (QED) is 0.299. The lowest BCUT2D eigenvalue weighted by molar-refractivity contribution is -0.132. The Hall–Kier alpha value is -3.68. The Kier molecular flexibility index (Phi) is 7.53. The van der Waals surface area contributed by atoms with E-state index >= 15 is 0 Å². The van der Waals surface area contributed by atoms with Gasteiger partial charge in [-0.15, -0.1) is 0 Å². The molecule has 190 valence electrons. The molecule has 0 bridgehead atoms. The fourth-order valence-electron chi connectivity index (χ4n) is 4.52. The molecule has 1 heterocycles. The van der Waals surface area contributed by atoms with E-state index in [1.54, 1.807) is 11.0 Å². The Balaban J connectivity index is 1.34. The number of hydrogen-bond donors (Lipinski definition) is 1. The number of amides is 1. The Bertz CT molecular complexity index is 1480. The first-order valence-electron chi connectivity index (χ1n) is 12.6. The number of aromatic amines is 1. The largest absolute Gasteiger partial charge is 0.361 e. The van der Waals surface area contributed by atoms with Crippen molar-refractivity contribution in [2.75, 3.05) is 13.1 Å². The van der Waals surface area contributed by atoms with E-state index in [0.29, 0.717) is 19.5 Å². The van der Waals surface area contributed by atoms with Crippen LogP contribution in [0.3, 0.4) is 0 Å². The molecule has 0 aliphatic heterocycles. The Morgan fingerprint density at radius 3 is 2.32 bits per heavy atom. The normalized spacial score (nSPS) is 14.0. The molecule has 1 fully saturated rings. The smallest absolute Gasteiger partial charge is 0.238 e. The summed E-state index contributed by atoms with van der Waals surface area (Å²) in [5.41, 5.74) is 4.02. The third-order valence-corrected chi connectivity index (χ3v) is 8.26. The van der Waals surface area contributed by atoms with Crippen molar-refractivity contribution in [3.05, 3.63) is 113 Å². The fraction of sp³-hybridized carbons (Fsp3) is 0.233. The first-order chi connectivity index (χ1) is 18.0. The number of benzene rings is 3. The molecular weight excluding hydrogens is 482 g/mol. The summed E-state index contributed by atoms with van der Waals surface area (Å²) >= 11 is 0. The van der Waals surface area contributed by atoms with Gasteiger partial charge in [0.05, 0.1) is 6.54 Å². The molecule has 0 atom stereocenters. The number of hydrogen-bond acceptors (Lipinski definition) is 3. The first-order valence-corrected chi connectivity index (χ1v) is 14.1. The molecule has 0 saturated heterocycles. The number of H-pyrrole nitrogens is 1. The minimum atomic E-state index is -3.75. The summed E-state index contributed by atoms with van der Waals surface area (Å²) in [4.78, 5) is 18.7. The molecule has 3 aromatic carbocycles. The monoisotopic (exact) mass is 513 g/mol. The van der Waals surface area contributed by atoms with Crippen LogP contribution < -0.4 is 0 Å². The molecule has 0 unspecified atom stereocenters. The summed E-state index contributed by atoms with van der Waals surface area (Å²) in [6, 6.07) is 27.1. The predicted molar refractivity (Wildman–Crippen MR) is 148 cm³/mol. The van der Waals surface area contributed by atoms with E-state index in [9.17, 15) is 13.2 Å². The van der Waals surface area contributed by atoms with E-state index in [0.717, 1.165) is 40.4 Å². The zero-order valence-corrected chi connectivity index (χ0v) is 21.5. The van der Waals surface area contributed by atoms with Crippen LogP contribution in [0.15, 0.2) is 96.5 Å². The van der Waals surface area contributed by atoms with Crippen LogP contribution >= 0.6 is 0 Å². The minimum Gasteiger partial charge on any atom is -0.361 e. The maximum atomic E-state index is 13.6. The van der Waals surface area contributed by atoms with Crippen LogP contribution in [0.1, 0.15) is 29.5 Å². The molecule has 0 radical (unpaired) electrons. The van der Waals surface area contributed by atoms with Crippen molar-refractivity contribution in [1.29, 1.82) is 0 Å². The molecule has 1 N–H and O–H groups in total. The van der Waals surface area contributed by atoms with Crippen LogP contribution in [0.2, 0.25) is 0 Å². The van der Waals surface area contributed by atoms with Crippen LogP contribution in [0, 0.1) is 0 Å². The topological polar surface area (TPSA) is 73.5 Å². The number of nitrogens with zero attached hydrogens (tertiary/aromatic N) is 2. The highest BCUT2D eigenvalue weighted by molar-refractivity contribution is 7.92. The first kappa shape index (κ1) is 25.0. The summed E-state index contributed by atoms with van der Waals surface area (Å²) in [5.74, 6) is -0.188. The number of sulfonamides is 1. The van der Waals surface area contributed by atoms with Crippen molar-refractivity contribution in [3.63, 3.8) is 0 Å². The molecular formula is C30H31N3O3S. The highest BCUT2D eigenvalue weighted by atomic mass is 32.2. The molecule has 1 saturated carbocycles. The Labute approximate surface area is 218 Å². The van der Waals surface area contributed by atoms with Crippen LogP contribution in [-0.4, -0.2) is 47.6 Å². The van der Waals surface area contributed by atoms with Gasteiger partial charge in [-0.2, -0.15) is 4.31 Å². The maximum Gasteiger partial charge on any atom is 0.238 e. The van der Waals surface area contributed by atoms with E-state index < -0.39 is 10.0 Å². The zero-order chi connectivity index (χ0) is 25.7. The van der Waals surface area contributed by atoms with Crippen LogP contribution in [0.25, 0.3) is 17.0 Å². The summed E-state index contributed by atoms with van der Waals surface area (Å²) < 4.78 is 27.9. The highest BCUT2D eigenvalue weighted by Gasteiger charge is 2.38. The zero-order valence-electron chi connectivity index (χ0n) is 20.7. The summed E-state index contributed by atoms with van der Waals surface area (Å²) in [6.07, 6.45) is 5.81. The minimum absolute atomic E-state index is 0.124. The number of para-hydroxylation sites is 1. The number of nitrogens with one attached hydrogen (secondary N) is 1. The highest BCUT2D eigenvalue weighted by Crippen LogP contribution is 2.30. The Morgan fingerprint density at radius 1 is 0.919 bits per heavy atom. The number of rotatable bonds is 11. The summed E-state index contributed by atoms with van der Waals surface area (Å²) in [7, 11) is -3.75. The van der Waals surface area contributed by atoms with E-state index in [4.69, 9.17) is 0 Å². The van der Waals surface area contributed by atoms with Crippen molar-refractivity contribution in [2.45, 2.75) is 31.8 Å². The third-order valence-electron chi connectivity index (χ3n) is 6.70. The van der Waals surface area contributed by atoms with E-state index in [1.807, 2.05) is 85.1 Å². The van der Waals surface area contributed by atoms with Crippen molar-refractivity contribution < 1.29 is 13.2 Å². The number of aromatic nitrogens is 1.